The lowest BCUT2D eigenvalue weighted by molar-refractivity contribution is -0.133. The number of aromatic nitrogens is 1. The van der Waals surface area contributed by atoms with Crippen molar-refractivity contribution in [1.29, 1.82) is 0 Å². The maximum atomic E-state index is 12.0. The number of amides is 1. The molecule has 4 heteroatoms. The molecule has 0 spiro atoms. The molecule has 2 heterocycles. The van der Waals surface area contributed by atoms with Crippen LogP contribution in [-0.2, 0) is 4.79 Å². The number of aryl methyl sites for hydroxylation is 1. The van der Waals surface area contributed by atoms with Crippen LogP contribution in [0.25, 0.3) is 22.0 Å². The summed E-state index contributed by atoms with van der Waals surface area (Å²) >= 11 is 0. The van der Waals surface area contributed by atoms with Crippen molar-refractivity contribution in [3.05, 3.63) is 60.3 Å². The Labute approximate surface area is 172 Å². The standard InChI is InChI=1S/C25H28N2O2/c1-3-5-24(28)27-16-13-22(14-17-27)29-21-10-7-19(8-11-21)23-12-9-20-6-4-15-26-25(20)18(23)2/h4,6-12,15,22H,3,5,13-14,16-17H2,1-2H3. The van der Waals surface area contributed by atoms with Crippen LogP contribution in [0.3, 0.4) is 0 Å². The number of carbonyl (C=O) groups excluding carboxylic acids is 1. The third-order valence-electron chi connectivity index (χ3n) is 5.75. The molecule has 4 nitrogen and oxygen atoms in total. The van der Waals surface area contributed by atoms with Gasteiger partial charge in [-0.15, -0.1) is 0 Å². The van der Waals surface area contributed by atoms with Gasteiger partial charge in [0.05, 0.1) is 5.52 Å². The molecule has 0 bridgehead atoms. The minimum absolute atomic E-state index is 0.179. The van der Waals surface area contributed by atoms with Crippen molar-refractivity contribution in [1.82, 2.24) is 9.88 Å². The third kappa shape index (κ3) is 4.26. The quantitative estimate of drug-likeness (QED) is 0.589. The van der Waals surface area contributed by atoms with E-state index in [4.69, 9.17) is 4.74 Å². The van der Waals surface area contributed by atoms with E-state index in [0.717, 1.165) is 49.0 Å². The molecule has 1 saturated heterocycles. The maximum absolute atomic E-state index is 12.0. The molecule has 29 heavy (non-hydrogen) atoms. The number of piperidine rings is 1. The molecule has 1 aliphatic rings. The zero-order valence-electron chi connectivity index (χ0n) is 17.2. The van der Waals surface area contributed by atoms with Crippen molar-refractivity contribution >= 4 is 16.8 Å². The Balaban J connectivity index is 1.42. The number of ether oxygens (including phenoxy) is 1. The van der Waals surface area contributed by atoms with Gasteiger partial charge in [0, 0.05) is 43.9 Å². The summed E-state index contributed by atoms with van der Waals surface area (Å²) < 4.78 is 6.18. The summed E-state index contributed by atoms with van der Waals surface area (Å²) in [6, 6.07) is 16.7. The number of carbonyl (C=O) groups is 1. The van der Waals surface area contributed by atoms with E-state index in [1.165, 1.54) is 16.7 Å². The van der Waals surface area contributed by atoms with Crippen molar-refractivity contribution in [2.45, 2.75) is 45.6 Å². The molecule has 2 aromatic carbocycles. The lowest BCUT2D eigenvalue weighted by Crippen LogP contribution is -2.41. The summed E-state index contributed by atoms with van der Waals surface area (Å²) in [6.07, 6.45) is 5.37. The number of benzene rings is 2. The van der Waals surface area contributed by atoms with E-state index in [-0.39, 0.29) is 12.0 Å². The normalized spacial score (nSPS) is 14.9. The fraction of sp³-hybridized carbons (Fsp3) is 0.360. The molecule has 150 valence electrons. The van der Waals surface area contributed by atoms with Crippen LogP contribution >= 0.6 is 0 Å². The number of fused-ring (bicyclic) bond motifs is 1. The summed E-state index contributed by atoms with van der Waals surface area (Å²) in [4.78, 5) is 18.5. The Bertz CT molecular complexity index is 989. The van der Waals surface area contributed by atoms with Gasteiger partial charge in [-0.05, 0) is 48.2 Å². The number of pyridine rings is 1. The van der Waals surface area contributed by atoms with Gasteiger partial charge in [0.25, 0.3) is 0 Å². The van der Waals surface area contributed by atoms with E-state index in [1.807, 2.05) is 36.2 Å². The van der Waals surface area contributed by atoms with Crippen LogP contribution in [0, 0.1) is 6.92 Å². The van der Waals surface area contributed by atoms with Gasteiger partial charge < -0.3 is 9.64 Å². The highest BCUT2D eigenvalue weighted by Crippen LogP contribution is 2.30. The van der Waals surface area contributed by atoms with Gasteiger partial charge in [0.15, 0.2) is 0 Å². The smallest absolute Gasteiger partial charge is 0.222 e. The van der Waals surface area contributed by atoms with E-state index >= 15 is 0 Å². The lowest BCUT2D eigenvalue weighted by Gasteiger charge is -2.32. The first-order chi connectivity index (χ1) is 14.2. The number of hydrogen-bond donors (Lipinski definition) is 0. The monoisotopic (exact) mass is 388 g/mol. The second-order valence-corrected chi connectivity index (χ2v) is 7.79. The van der Waals surface area contributed by atoms with Crippen molar-refractivity contribution in [2.75, 3.05) is 13.1 Å². The predicted molar refractivity (Wildman–Crippen MR) is 117 cm³/mol. The fourth-order valence-corrected chi connectivity index (χ4v) is 4.10. The number of rotatable bonds is 5. The van der Waals surface area contributed by atoms with E-state index < -0.39 is 0 Å². The van der Waals surface area contributed by atoms with Gasteiger partial charge in [-0.2, -0.15) is 0 Å². The van der Waals surface area contributed by atoms with Crippen molar-refractivity contribution in [2.24, 2.45) is 0 Å². The van der Waals surface area contributed by atoms with Crippen LogP contribution in [0.4, 0.5) is 0 Å². The first-order valence-corrected chi connectivity index (χ1v) is 10.5. The largest absolute Gasteiger partial charge is 0.490 e. The van der Waals surface area contributed by atoms with Crippen molar-refractivity contribution in [3.63, 3.8) is 0 Å². The highest BCUT2D eigenvalue weighted by Gasteiger charge is 2.23. The first-order valence-electron chi connectivity index (χ1n) is 10.5. The Hall–Kier alpha value is -2.88. The molecule has 3 aromatic rings. The van der Waals surface area contributed by atoms with Gasteiger partial charge in [-0.25, -0.2) is 0 Å². The SMILES string of the molecule is CCCC(=O)N1CCC(Oc2ccc(-c3ccc4cccnc4c3C)cc2)CC1. The average Bonchev–Trinajstić information content (AvgIpc) is 2.76. The van der Waals surface area contributed by atoms with Crippen LogP contribution in [0.5, 0.6) is 5.75 Å². The number of nitrogens with zero attached hydrogens (tertiary/aromatic N) is 2. The predicted octanol–water partition coefficient (Wildman–Crippen LogP) is 5.38. The Kier molecular flexibility index (Phi) is 5.79. The molecule has 4 rings (SSSR count). The molecule has 0 saturated carbocycles. The van der Waals surface area contributed by atoms with Crippen LogP contribution in [0.1, 0.15) is 38.2 Å². The molecule has 0 unspecified atom stereocenters. The fourth-order valence-electron chi connectivity index (χ4n) is 4.10. The van der Waals surface area contributed by atoms with Crippen LogP contribution < -0.4 is 4.74 Å². The summed E-state index contributed by atoms with van der Waals surface area (Å²) in [7, 11) is 0. The lowest BCUT2D eigenvalue weighted by atomic mass is 9.98. The second-order valence-electron chi connectivity index (χ2n) is 7.79. The minimum atomic E-state index is 0.179. The highest BCUT2D eigenvalue weighted by molar-refractivity contribution is 5.88. The molecule has 1 amide bonds. The summed E-state index contributed by atoms with van der Waals surface area (Å²) in [5, 5.41) is 1.16. The first kappa shape index (κ1) is 19.4. The van der Waals surface area contributed by atoms with Gasteiger partial charge in [0.2, 0.25) is 5.91 Å². The molecular weight excluding hydrogens is 360 g/mol. The van der Waals surface area contributed by atoms with Crippen LogP contribution in [0.15, 0.2) is 54.7 Å². The van der Waals surface area contributed by atoms with E-state index in [0.29, 0.717) is 6.42 Å². The van der Waals surface area contributed by atoms with Gasteiger partial charge in [-0.3, -0.25) is 9.78 Å². The van der Waals surface area contributed by atoms with E-state index in [9.17, 15) is 4.79 Å². The molecule has 1 aliphatic heterocycles. The van der Waals surface area contributed by atoms with E-state index in [2.05, 4.69) is 42.2 Å². The summed E-state index contributed by atoms with van der Waals surface area (Å²) in [6.45, 7) is 5.77. The minimum Gasteiger partial charge on any atom is -0.490 e. The molecular formula is C25H28N2O2. The van der Waals surface area contributed by atoms with E-state index in [1.54, 1.807) is 0 Å². The van der Waals surface area contributed by atoms with Crippen molar-refractivity contribution in [3.8, 4) is 16.9 Å². The molecule has 0 atom stereocenters. The second kappa shape index (κ2) is 8.64. The number of hydrogen-bond acceptors (Lipinski definition) is 3. The molecule has 0 aliphatic carbocycles. The maximum Gasteiger partial charge on any atom is 0.222 e. The molecule has 1 fully saturated rings. The van der Waals surface area contributed by atoms with Crippen molar-refractivity contribution < 1.29 is 9.53 Å². The van der Waals surface area contributed by atoms with Crippen LogP contribution in [-0.4, -0.2) is 35.0 Å². The zero-order chi connectivity index (χ0) is 20.2. The Morgan fingerprint density at radius 1 is 1.10 bits per heavy atom. The van der Waals surface area contributed by atoms with Gasteiger partial charge in [-0.1, -0.05) is 37.3 Å². The highest BCUT2D eigenvalue weighted by atomic mass is 16.5. The summed E-state index contributed by atoms with van der Waals surface area (Å²) in [5.41, 5.74) is 4.61. The zero-order valence-corrected chi connectivity index (χ0v) is 17.2. The average molecular weight is 389 g/mol. The molecule has 0 N–H and O–H groups in total. The van der Waals surface area contributed by atoms with Gasteiger partial charge in [0.1, 0.15) is 11.9 Å². The summed E-state index contributed by atoms with van der Waals surface area (Å²) in [5.74, 6) is 1.17. The number of likely N-dealkylation sites (tertiary alicyclic amines) is 1. The van der Waals surface area contributed by atoms with Gasteiger partial charge >= 0.3 is 0 Å². The van der Waals surface area contributed by atoms with Crippen LogP contribution in [0.2, 0.25) is 0 Å². The third-order valence-corrected chi connectivity index (χ3v) is 5.75. The molecule has 1 aromatic heterocycles. The Morgan fingerprint density at radius 3 is 2.59 bits per heavy atom. The molecule has 0 radical (unpaired) electrons. The topological polar surface area (TPSA) is 42.4 Å². The Morgan fingerprint density at radius 2 is 1.86 bits per heavy atom.